The van der Waals surface area contributed by atoms with E-state index in [1.54, 1.807) is 18.3 Å². The highest BCUT2D eigenvalue weighted by atomic mass is 19.3. The average molecular weight is 495 g/mol. The molecule has 5 rings (SSSR count). The van der Waals surface area contributed by atoms with Crippen LogP contribution in [0.15, 0.2) is 60.9 Å². The van der Waals surface area contributed by atoms with Gasteiger partial charge in [-0.15, -0.1) is 0 Å². The summed E-state index contributed by atoms with van der Waals surface area (Å²) < 4.78 is 28.0. The molecular weight excluding hydrogens is 458 g/mol. The number of hydrogen-bond donors (Lipinski definition) is 1. The van der Waals surface area contributed by atoms with Crippen molar-refractivity contribution in [1.82, 2.24) is 10.3 Å². The number of pyridine rings is 1. The largest absolute Gasteiger partial charge is 0.311 e. The van der Waals surface area contributed by atoms with E-state index in [4.69, 9.17) is 0 Å². The van der Waals surface area contributed by atoms with Crippen LogP contribution in [-0.4, -0.2) is 35.6 Å². The van der Waals surface area contributed by atoms with Crippen LogP contribution in [0.25, 0.3) is 10.8 Å². The monoisotopic (exact) mass is 494 g/mol. The van der Waals surface area contributed by atoms with Gasteiger partial charge in [-0.3, -0.25) is 14.6 Å². The van der Waals surface area contributed by atoms with Crippen LogP contribution in [-0.2, 0) is 11.2 Å². The summed E-state index contributed by atoms with van der Waals surface area (Å²) in [6.07, 6.45) is 5.54. The number of aromatic nitrogens is 1. The predicted octanol–water partition coefficient (Wildman–Crippen LogP) is 6.63. The Hall–Kier alpha value is -2.99. The van der Waals surface area contributed by atoms with Crippen LogP contribution in [0.5, 0.6) is 0 Å². The lowest BCUT2D eigenvalue weighted by Gasteiger charge is -2.31. The van der Waals surface area contributed by atoms with Gasteiger partial charge in [-0.05, 0) is 54.3 Å². The SMILES string of the molecule is C.C.O=C(CCC1CCNCC1(F)F)c1ccc([C@@H]2C[C@H]2C(=O)Cc2ccc3cnccc3c2)cc1. The van der Waals surface area contributed by atoms with Crippen LogP contribution in [0.4, 0.5) is 8.78 Å². The van der Waals surface area contributed by atoms with Gasteiger partial charge >= 0.3 is 0 Å². The average Bonchev–Trinajstić information content (AvgIpc) is 3.64. The summed E-state index contributed by atoms with van der Waals surface area (Å²) in [5.41, 5.74) is 2.62. The third-order valence-electron chi connectivity index (χ3n) is 7.30. The van der Waals surface area contributed by atoms with E-state index in [1.165, 1.54) is 0 Å². The number of rotatable bonds is 8. The molecule has 1 aromatic heterocycles. The number of hydrogen-bond acceptors (Lipinski definition) is 4. The first-order valence-electron chi connectivity index (χ1n) is 12.0. The fourth-order valence-electron chi connectivity index (χ4n) is 5.10. The second-order valence-electron chi connectivity index (χ2n) is 9.66. The Morgan fingerprint density at radius 1 is 1.03 bits per heavy atom. The van der Waals surface area contributed by atoms with Crippen LogP contribution < -0.4 is 5.32 Å². The Balaban J connectivity index is 0.00000180. The molecule has 0 radical (unpaired) electrons. The number of carbonyl (C=O) groups excluding carboxylic acids is 2. The maximum atomic E-state index is 14.0. The first kappa shape index (κ1) is 27.6. The summed E-state index contributed by atoms with van der Waals surface area (Å²) in [6, 6.07) is 15.3. The number of piperidine rings is 1. The maximum Gasteiger partial charge on any atom is 0.263 e. The molecule has 3 aromatic rings. The predicted molar refractivity (Wildman–Crippen MR) is 141 cm³/mol. The standard InChI is InChI=1S/C28H28F2N2O2.2CH4/c29-28(30)17-32-12-10-23(28)7-8-26(33)20-5-3-19(4-6-20)24-15-25(24)27(34)14-18-1-2-22-16-31-11-9-21(22)13-18;;/h1-6,9,11,13,16,23-25,32H,7-8,10,12,14-15,17H2;2*1H4/t23?,24-,25+;;/m0../s1. The first-order chi connectivity index (χ1) is 16.4. The van der Waals surface area contributed by atoms with Crippen LogP contribution in [0.3, 0.4) is 0 Å². The molecule has 192 valence electrons. The van der Waals surface area contributed by atoms with Crippen LogP contribution in [0.2, 0.25) is 0 Å². The summed E-state index contributed by atoms with van der Waals surface area (Å²) in [5.74, 6) is -3.15. The fraction of sp³-hybridized carbons (Fsp3) is 0.433. The van der Waals surface area contributed by atoms with E-state index in [-0.39, 0.29) is 57.6 Å². The molecule has 2 aliphatic rings. The number of ketones is 2. The van der Waals surface area contributed by atoms with Gasteiger partial charge in [0.1, 0.15) is 5.78 Å². The molecule has 1 unspecified atom stereocenters. The second-order valence-corrected chi connectivity index (χ2v) is 9.66. The molecule has 3 atom stereocenters. The number of benzene rings is 2. The molecule has 0 bridgehead atoms. The molecule has 0 amide bonds. The molecule has 4 nitrogen and oxygen atoms in total. The van der Waals surface area contributed by atoms with Gasteiger partial charge in [-0.2, -0.15) is 0 Å². The molecule has 6 heteroatoms. The zero-order chi connectivity index (χ0) is 23.7. The van der Waals surface area contributed by atoms with Crippen molar-refractivity contribution in [2.45, 2.75) is 58.8 Å². The van der Waals surface area contributed by atoms with Crippen molar-refractivity contribution >= 4 is 22.3 Å². The van der Waals surface area contributed by atoms with Crippen molar-refractivity contribution < 1.29 is 18.4 Å². The molecule has 1 aliphatic carbocycles. The minimum atomic E-state index is -2.75. The van der Waals surface area contributed by atoms with E-state index in [1.807, 2.05) is 42.6 Å². The minimum absolute atomic E-state index is 0. The third-order valence-corrected chi connectivity index (χ3v) is 7.30. The van der Waals surface area contributed by atoms with Gasteiger partial charge in [0.25, 0.3) is 5.92 Å². The summed E-state index contributed by atoms with van der Waals surface area (Å²) in [5, 5.41) is 4.86. The van der Waals surface area contributed by atoms with E-state index in [0.717, 1.165) is 28.3 Å². The molecule has 1 saturated carbocycles. The van der Waals surface area contributed by atoms with E-state index in [2.05, 4.69) is 10.3 Å². The second kappa shape index (κ2) is 11.4. The lowest BCUT2D eigenvalue weighted by Crippen LogP contribution is -2.46. The Bertz CT molecular complexity index is 1210. The molecule has 1 aliphatic heterocycles. The van der Waals surface area contributed by atoms with Gasteiger partial charge in [-0.1, -0.05) is 57.3 Å². The Labute approximate surface area is 212 Å². The molecule has 36 heavy (non-hydrogen) atoms. The summed E-state index contributed by atoms with van der Waals surface area (Å²) >= 11 is 0. The lowest BCUT2D eigenvalue weighted by atomic mass is 9.88. The van der Waals surface area contributed by atoms with Crippen LogP contribution >= 0.6 is 0 Å². The van der Waals surface area contributed by atoms with Crippen molar-refractivity contribution in [1.29, 1.82) is 0 Å². The Morgan fingerprint density at radius 2 is 1.81 bits per heavy atom. The summed E-state index contributed by atoms with van der Waals surface area (Å²) in [7, 11) is 0. The van der Waals surface area contributed by atoms with E-state index >= 15 is 0 Å². The molecule has 1 N–H and O–H groups in total. The zero-order valence-corrected chi connectivity index (χ0v) is 19.0. The number of halogens is 2. The zero-order valence-electron chi connectivity index (χ0n) is 19.0. The van der Waals surface area contributed by atoms with E-state index in [0.29, 0.717) is 24.9 Å². The van der Waals surface area contributed by atoms with Gasteiger partial charge in [0.2, 0.25) is 0 Å². The highest BCUT2D eigenvalue weighted by Gasteiger charge is 2.43. The normalized spacial score (nSPS) is 22.2. The minimum Gasteiger partial charge on any atom is -0.311 e. The van der Waals surface area contributed by atoms with Crippen molar-refractivity contribution in [2.24, 2.45) is 11.8 Å². The molecule has 2 aromatic carbocycles. The maximum absolute atomic E-state index is 14.0. The van der Waals surface area contributed by atoms with Crippen LogP contribution in [0, 0.1) is 11.8 Å². The number of Topliss-reactive ketones (excluding diaryl/α,β-unsaturated/α-hetero) is 2. The number of nitrogens with zero attached hydrogens (tertiary/aromatic N) is 1. The highest BCUT2D eigenvalue weighted by molar-refractivity contribution is 5.96. The molecular formula is C30H36F2N2O2. The van der Waals surface area contributed by atoms with Gasteiger partial charge in [0.05, 0.1) is 6.54 Å². The highest BCUT2D eigenvalue weighted by Crippen LogP contribution is 2.48. The summed E-state index contributed by atoms with van der Waals surface area (Å²) in [4.78, 5) is 29.5. The summed E-state index contributed by atoms with van der Waals surface area (Å²) in [6.45, 7) is 0.267. The van der Waals surface area contributed by atoms with Gasteiger partial charge < -0.3 is 5.32 Å². The topological polar surface area (TPSA) is 59.1 Å². The van der Waals surface area contributed by atoms with Crippen molar-refractivity contribution in [3.63, 3.8) is 0 Å². The van der Waals surface area contributed by atoms with Crippen molar-refractivity contribution in [3.8, 4) is 0 Å². The third kappa shape index (κ3) is 6.04. The number of nitrogens with one attached hydrogen (secondary N) is 1. The Kier molecular flexibility index (Phi) is 8.72. The number of alkyl halides is 2. The molecule has 2 heterocycles. The lowest BCUT2D eigenvalue weighted by molar-refractivity contribution is -0.119. The number of carbonyl (C=O) groups is 2. The van der Waals surface area contributed by atoms with Crippen molar-refractivity contribution in [3.05, 3.63) is 77.6 Å². The van der Waals surface area contributed by atoms with E-state index < -0.39 is 11.8 Å². The van der Waals surface area contributed by atoms with E-state index in [9.17, 15) is 18.4 Å². The smallest absolute Gasteiger partial charge is 0.263 e. The Morgan fingerprint density at radius 3 is 2.56 bits per heavy atom. The number of fused-ring (bicyclic) bond motifs is 1. The van der Waals surface area contributed by atoms with Crippen LogP contribution in [0.1, 0.15) is 67.9 Å². The molecule has 2 fully saturated rings. The molecule has 1 saturated heterocycles. The first-order valence-corrected chi connectivity index (χ1v) is 12.0. The molecule has 0 spiro atoms. The fourth-order valence-corrected chi connectivity index (χ4v) is 5.10. The quantitative estimate of drug-likeness (QED) is 0.357. The van der Waals surface area contributed by atoms with Gasteiger partial charge in [0.15, 0.2) is 5.78 Å². The van der Waals surface area contributed by atoms with Gasteiger partial charge in [-0.25, -0.2) is 8.78 Å². The van der Waals surface area contributed by atoms with Gasteiger partial charge in [0, 0.05) is 48.0 Å². The van der Waals surface area contributed by atoms with Crippen molar-refractivity contribution in [2.75, 3.05) is 13.1 Å².